The second kappa shape index (κ2) is 8.29. The fourth-order valence-electron chi connectivity index (χ4n) is 1.24. The van der Waals surface area contributed by atoms with E-state index < -0.39 is 51.9 Å². The fourth-order valence-corrected chi connectivity index (χ4v) is 1.69. The van der Waals surface area contributed by atoms with Gasteiger partial charge in [0.15, 0.2) is 0 Å². The van der Waals surface area contributed by atoms with E-state index in [4.69, 9.17) is 10.3 Å². The Labute approximate surface area is 141 Å². The predicted molar refractivity (Wildman–Crippen MR) is 70.4 cm³/mol. The highest BCUT2D eigenvalue weighted by molar-refractivity contribution is 7.87. The third-order valence-electron chi connectivity index (χ3n) is 2.67. The zero-order valence-corrected chi connectivity index (χ0v) is 13.8. The maximum atomic E-state index is 13.0. The maximum Gasteiger partial charge on any atom is 0.438 e. The average Bonchev–Trinajstić information content (AvgIpc) is 2.45. The molecular weight excluding hydrogens is 416 g/mol. The van der Waals surface area contributed by atoms with Gasteiger partial charge in [-0.05, 0) is 0 Å². The number of hydrogen-bond acceptors (Lipinski definition) is 3. The van der Waals surface area contributed by atoms with Gasteiger partial charge in [0.2, 0.25) is 0 Å². The first kappa shape index (κ1) is 27.1. The highest BCUT2D eigenvalue weighted by atomic mass is 32.2. The monoisotopic (exact) mass is 431 g/mol. The number of nitrogens with two attached hydrogens (primary N) is 1. The van der Waals surface area contributed by atoms with E-state index in [1.54, 1.807) is 6.08 Å². The first-order chi connectivity index (χ1) is 11.2. The van der Waals surface area contributed by atoms with Crippen LogP contribution in [0.5, 0.6) is 0 Å². The van der Waals surface area contributed by atoms with Crippen molar-refractivity contribution in [3.8, 4) is 0 Å². The maximum absolute atomic E-state index is 13.0. The summed E-state index contributed by atoms with van der Waals surface area (Å²) in [6.07, 6.45) is -1.32. The van der Waals surface area contributed by atoms with Crippen LogP contribution in [0.2, 0.25) is 0 Å². The van der Waals surface area contributed by atoms with Gasteiger partial charge in [-0.25, -0.2) is 0 Å². The molecule has 15 heteroatoms. The zero-order chi connectivity index (χ0) is 21.8. The summed E-state index contributed by atoms with van der Waals surface area (Å²) in [6, 6.07) is 0. The van der Waals surface area contributed by atoms with Crippen LogP contribution in [0, 0.1) is 0 Å². The lowest BCUT2D eigenvalue weighted by molar-refractivity contribution is -0.390. The first-order valence-corrected chi connectivity index (χ1v) is 7.84. The molecular formula is C11H15F10NO3S. The van der Waals surface area contributed by atoms with Gasteiger partial charge in [0.05, 0.1) is 0 Å². The van der Waals surface area contributed by atoms with Gasteiger partial charge >= 0.3 is 39.1 Å². The molecule has 0 aliphatic heterocycles. The van der Waals surface area contributed by atoms with Crippen LogP contribution in [-0.4, -0.2) is 48.5 Å². The van der Waals surface area contributed by atoms with Crippen molar-refractivity contribution < 1.29 is 56.9 Å². The molecule has 0 bridgehead atoms. The van der Waals surface area contributed by atoms with Crippen LogP contribution in [0.25, 0.3) is 0 Å². The van der Waals surface area contributed by atoms with E-state index in [0.29, 0.717) is 6.54 Å². The fraction of sp³-hybridized carbons (Fsp3) is 0.818. The van der Waals surface area contributed by atoms with Crippen molar-refractivity contribution in [2.24, 2.45) is 5.73 Å². The van der Waals surface area contributed by atoms with Crippen molar-refractivity contribution >= 4 is 10.1 Å². The van der Waals surface area contributed by atoms with Crippen molar-refractivity contribution in [1.29, 1.82) is 0 Å². The van der Waals surface area contributed by atoms with Gasteiger partial charge in [0.1, 0.15) is 0 Å². The van der Waals surface area contributed by atoms with Gasteiger partial charge in [0, 0.05) is 13.0 Å². The van der Waals surface area contributed by atoms with E-state index in [1.807, 2.05) is 0 Å². The highest BCUT2D eigenvalue weighted by Gasteiger charge is 2.88. The summed E-state index contributed by atoms with van der Waals surface area (Å²) in [4.78, 5) is 0. The molecule has 0 spiro atoms. The van der Waals surface area contributed by atoms with Crippen LogP contribution in [0.1, 0.15) is 19.8 Å². The Balaban J connectivity index is 0. The van der Waals surface area contributed by atoms with E-state index in [-0.39, 0.29) is 0 Å². The summed E-state index contributed by atoms with van der Waals surface area (Å²) in [5.41, 5.74) is 4.91. The number of alkyl halides is 10. The van der Waals surface area contributed by atoms with Gasteiger partial charge in [-0.3, -0.25) is 4.55 Å². The molecule has 158 valence electrons. The number of rotatable bonds is 8. The third kappa shape index (κ3) is 4.60. The molecule has 0 rings (SSSR count). The van der Waals surface area contributed by atoms with E-state index in [2.05, 4.69) is 6.58 Å². The van der Waals surface area contributed by atoms with E-state index in [1.165, 1.54) is 0 Å². The van der Waals surface area contributed by atoms with E-state index in [9.17, 15) is 52.3 Å². The largest absolute Gasteiger partial charge is 0.438 e. The highest BCUT2D eigenvalue weighted by Crippen LogP contribution is 2.58. The standard InChI is InChI=1S/C8H8F10O3S.C3H7N/c1-2-3-4(9,10)5(11,12)6(13,14)7(15,16)8(17,18)22(19,20)21;1-2-3-4/h2-3H2,1H3,(H,19,20,21);2H,1,3-4H2. The van der Waals surface area contributed by atoms with Gasteiger partial charge in [-0.2, -0.15) is 52.3 Å². The Morgan fingerprint density at radius 1 is 0.923 bits per heavy atom. The molecule has 0 saturated carbocycles. The van der Waals surface area contributed by atoms with Crippen LogP contribution in [0.15, 0.2) is 12.7 Å². The molecule has 0 aliphatic rings. The smallest absolute Gasteiger partial charge is 0.327 e. The lowest BCUT2D eigenvalue weighted by Crippen LogP contribution is -2.68. The quantitative estimate of drug-likeness (QED) is 0.347. The summed E-state index contributed by atoms with van der Waals surface area (Å²) >= 11 is 0. The normalized spacial score (nSPS) is 14.5. The van der Waals surface area contributed by atoms with Crippen LogP contribution < -0.4 is 5.73 Å². The zero-order valence-electron chi connectivity index (χ0n) is 12.9. The summed E-state index contributed by atoms with van der Waals surface area (Å²) in [7, 11) is -7.30. The molecule has 0 fully saturated rings. The molecule has 3 N–H and O–H groups in total. The van der Waals surface area contributed by atoms with Crippen molar-refractivity contribution in [2.45, 2.75) is 48.7 Å². The van der Waals surface area contributed by atoms with Gasteiger partial charge in [0.25, 0.3) is 0 Å². The lowest BCUT2D eigenvalue weighted by atomic mass is 9.96. The van der Waals surface area contributed by atoms with Gasteiger partial charge < -0.3 is 5.73 Å². The summed E-state index contributed by atoms with van der Waals surface area (Å²) in [5.74, 6) is -27.9. The predicted octanol–water partition coefficient (Wildman–Crippen LogP) is 3.94. The summed E-state index contributed by atoms with van der Waals surface area (Å²) < 4.78 is 157. The minimum atomic E-state index is -7.52. The van der Waals surface area contributed by atoms with Crippen LogP contribution in [-0.2, 0) is 10.1 Å². The van der Waals surface area contributed by atoms with Crippen molar-refractivity contribution in [3.05, 3.63) is 12.7 Å². The Morgan fingerprint density at radius 3 is 1.50 bits per heavy atom. The topological polar surface area (TPSA) is 80.4 Å². The number of halogens is 10. The van der Waals surface area contributed by atoms with E-state index in [0.717, 1.165) is 6.92 Å². The van der Waals surface area contributed by atoms with Gasteiger partial charge in [-0.15, -0.1) is 6.58 Å². The Hall–Kier alpha value is -1.09. The Kier molecular flexibility index (Phi) is 8.65. The summed E-state index contributed by atoms with van der Waals surface area (Å²) in [5, 5.41) is -7.13. The second-order valence-corrected chi connectivity index (χ2v) is 6.16. The third-order valence-corrected chi connectivity index (χ3v) is 3.57. The molecule has 0 amide bonds. The molecule has 0 saturated heterocycles. The Bertz CT molecular complexity index is 577. The molecule has 0 atom stereocenters. The molecule has 0 heterocycles. The summed E-state index contributed by atoms with van der Waals surface area (Å²) in [6.45, 7) is 4.72. The molecule has 0 radical (unpaired) electrons. The number of hydrogen-bond donors (Lipinski definition) is 2. The van der Waals surface area contributed by atoms with Gasteiger partial charge in [-0.1, -0.05) is 19.4 Å². The minimum Gasteiger partial charge on any atom is -0.327 e. The minimum absolute atomic E-state index is 0.583. The Morgan fingerprint density at radius 2 is 1.27 bits per heavy atom. The lowest BCUT2D eigenvalue weighted by Gasteiger charge is -2.38. The van der Waals surface area contributed by atoms with Crippen molar-refractivity contribution in [3.63, 3.8) is 0 Å². The van der Waals surface area contributed by atoms with Crippen LogP contribution in [0.4, 0.5) is 43.9 Å². The molecule has 0 unspecified atom stereocenters. The molecule has 26 heavy (non-hydrogen) atoms. The van der Waals surface area contributed by atoms with Crippen LogP contribution >= 0.6 is 0 Å². The van der Waals surface area contributed by atoms with Crippen molar-refractivity contribution in [2.75, 3.05) is 6.54 Å². The van der Waals surface area contributed by atoms with Crippen LogP contribution in [0.3, 0.4) is 0 Å². The van der Waals surface area contributed by atoms with Crippen molar-refractivity contribution in [1.82, 2.24) is 0 Å². The second-order valence-electron chi connectivity index (χ2n) is 4.69. The SMILES string of the molecule is C=CCN.CCCC(F)(F)C(F)(F)C(F)(F)C(F)(F)C(F)(F)S(=O)(=O)O. The average molecular weight is 431 g/mol. The molecule has 0 aliphatic carbocycles. The first-order valence-electron chi connectivity index (χ1n) is 6.40. The molecule has 0 aromatic rings. The molecule has 4 nitrogen and oxygen atoms in total. The van der Waals surface area contributed by atoms with E-state index >= 15 is 0 Å². The molecule has 0 aromatic carbocycles. The molecule has 0 aromatic heterocycles.